The lowest BCUT2D eigenvalue weighted by atomic mass is 10.2. The Morgan fingerprint density at radius 2 is 0.913 bits per heavy atom. The zero-order valence-corrected chi connectivity index (χ0v) is 27.0. The van der Waals surface area contributed by atoms with Gasteiger partial charge < -0.3 is 10.4 Å². The molecular weight excluding hydrogens is 602 g/mol. The first kappa shape index (κ1) is 31.1. The van der Waals surface area contributed by atoms with Crippen LogP contribution in [0.1, 0.15) is 11.8 Å². The van der Waals surface area contributed by atoms with Crippen molar-refractivity contribution in [1.82, 2.24) is 9.89 Å². The van der Waals surface area contributed by atoms with Gasteiger partial charge in [0.25, 0.3) is 0 Å². The second-order valence-corrected chi connectivity index (χ2v) is 14.8. The van der Waals surface area contributed by atoms with Crippen LogP contribution >= 0.6 is 19.0 Å². The second kappa shape index (κ2) is 14.9. The van der Waals surface area contributed by atoms with Crippen LogP contribution in [0.5, 0.6) is 0 Å². The zero-order valence-electron chi connectivity index (χ0n) is 25.3. The van der Waals surface area contributed by atoms with Crippen LogP contribution in [0, 0.1) is 0 Å². The number of nitrogens with zero attached hydrogens (tertiary/aromatic N) is 1. The number of thioether (sulfide) groups is 1. The van der Waals surface area contributed by atoms with E-state index in [-0.39, 0.29) is 0 Å². The monoisotopic (exact) mass is 636 g/mol. The lowest BCUT2D eigenvalue weighted by molar-refractivity contribution is -0.433. The molecule has 0 aliphatic carbocycles. The number of para-hydroxylation sites is 2. The molecule has 0 radical (unpaired) electrons. The standard InChI is InChI=1S/C40H34N3OPS/c41-40(43(33-21-9-2-10-22-33)34-23-11-3-12-24-34)46-31-38(42-39(44)32-19-7-1-8-20-32)45(35-25-13-4-14-26-35,36-27-15-5-16-28-36)37-29-17-6-18-30-37/h1-31,39,41-42H/p+1. The van der Waals surface area contributed by atoms with Crippen LogP contribution in [0.3, 0.4) is 0 Å². The Balaban J connectivity index is 1.60. The molecule has 0 amide bonds. The molecule has 0 fully saturated rings. The lowest BCUT2D eigenvalue weighted by Gasteiger charge is -2.34. The van der Waals surface area contributed by atoms with Crippen LogP contribution in [-0.4, -0.2) is 5.17 Å². The van der Waals surface area contributed by atoms with E-state index in [0.717, 1.165) is 32.7 Å². The largest absolute Gasteiger partial charge is 0.833 e. The lowest BCUT2D eigenvalue weighted by Crippen LogP contribution is -2.40. The number of hydrogen-bond donors (Lipinski definition) is 2. The summed E-state index contributed by atoms with van der Waals surface area (Å²) in [6.45, 7) is 0. The zero-order chi connectivity index (χ0) is 31.6. The number of amidine groups is 1. The Bertz CT molecular complexity index is 1750. The van der Waals surface area contributed by atoms with Crippen molar-refractivity contribution in [2.75, 3.05) is 0 Å². The maximum Gasteiger partial charge on any atom is 0.318 e. The normalized spacial score (nSPS) is 12.2. The molecule has 6 rings (SSSR count). The summed E-state index contributed by atoms with van der Waals surface area (Å²) in [5, 5.41) is 23.6. The molecule has 1 atom stereocenters. The highest BCUT2D eigenvalue weighted by molar-refractivity contribution is 8.16. The maximum absolute atomic E-state index is 14.1. The van der Waals surface area contributed by atoms with Gasteiger partial charge in [0.1, 0.15) is 27.3 Å². The topological polar surface area (TPSA) is 64.1 Å². The average molecular weight is 637 g/mol. The van der Waals surface area contributed by atoms with Gasteiger partial charge >= 0.3 is 5.17 Å². The molecule has 226 valence electrons. The number of benzene rings is 6. The van der Waals surface area contributed by atoms with Crippen molar-refractivity contribution in [2.45, 2.75) is 6.23 Å². The molecule has 6 heteroatoms. The van der Waals surface area contributed by atoms with E-state index >= 15 is 0 Å². The minimum Gasteiger partial charge on any atom is -0.833 e. The SMILES string of the molecule is NC(SC=C(NC([O-])c1ccccc1)[P+](c1ccccc1)(c1ccccc1)c1ccccc1)=[N+](c1ccccc1)c1ccccc1. The van der Waals surface area contributed by atoms with E-state index in [1.54, 1.807) is 0 Å². The smallest absolute Gasteiger partial charge is 0.318 e. The fourth-order valence-corrected chi connectivity index (χ4v) is 10.9. The predicted molar refractivity (Wildman–Crippen MR) is 197 cm³/mol. The number of nitrogens with one attached hydrogen (secondary N) is 1. The van der Waals surface area contributed by atoms with E-state index in [1.165, 1.54) is 11.8 Å². The van der Waals surface area contributed by atoms with Crippen LogP contribution in [0.4, 0.5) is 11.4 Å². The van der Waals surface area contributed by atoms with Crippen molar-refractivity contribution in [1.29, 1.82) is 0 Å². The molecule has 46 heavy (non-hydrogen) atoms. The van der Waals surface area contributed by atoms with Crippen LogP contribution in [0.15, 0.2) is 193 Å². The minimum absolute atomic E-state index is 0.561. The second-order valence-electron chi connectivity index (χ2n) is 10.6. The summed E-state index contributed by atoms with van der Waals surface area (Å²) in [4.78, 5) is 0. The molecule has 0 aliphatic rings. The van der Waals surface area contributed by atoms with Gasteiger partial charge in [-0.15, -0.1) is 0 Å². The third-order valence-corrected chi connectivity index (χ3v) is 12.9. The van der Waals surface area contributed by atoms with Gasteiger partial charge in [0.05, 0.1) is 0 Å². The molecular formula is C40H35N3OPS+. The number of nitrogens with two attached hydrogens (primary N) is 1. The summed E-state index contributed by atoms with van der Waals surface area (Å²) in [6.07, 6.45) is -1.20. The Labute approximate surface area is 275 Å². The van der Waals surface area contributed by atoms with Crippen LogP contribution in [-0.2, 0) is 0 Å². The van der Waals surface area contributed by atoms with Crippen molar-refractivity contribution in [3.63, 3.8) is 0 Å². The quantitative estimate of drug-likeness (QED) is 0.0559. The van der Waals surface area contributed by atoms with E-state index in [9.17, 15) is 5.11 Å². The molecule has 6 aromatic rings. The molecule has 0 heterocycles. The van der Waals surface area contributed by atoms with Gasteiger partial charge in [-0.2, -0.15) is 4.58 Å². The van der Waals surface area contributed by atoms with Crippen molar-refractivity contribution in [3.05, 3.63) is 198 Å². The van der Waals surface area contributed by atoms with Crippen molar-refractivity contribution in [2.24, 2.45) is 5.73 Å². The molecule has 0 aromatic heterocycles. The van der Waals surface area contributed by atoms with Crippen molar-refractivity contribution >= 4 is 51.5 Å². The van der Waals surface area contributed by atoms with E-state index in [1.807, 2.05) is 114 Å². The molecule has 0 saturated carbocycles. The number of hydrogen-bond acceptors (Lipinski definition) is 3. The fraction of sp³-hybridized carbons (Fsp3) is 0.0250. The summed E-state index contributed by atoms with van der Waals surface area (Å²) in [7, 11) is -2.63. The highest BCUT2D eigenvalue weighted by Crippen LogP contribution is 2.62. The summed E-state index contributed by atoms with van der Waals surface area (Å²) >= 11 is 1.42. The summed E-state index contributed by atoms with van der Waals surface area (Å²) in [5.74, 6) is 0. The maximum atomic E-state index is 14.1. The van der Waals surface area contributed by atoms with Gasteiger partial charge in [0.15, 0.2) is 12.7 Å². The summed E-state index contributed by atoms with van der Waals surface area (Å²) in [6, 6.07) is 61.2. The minimum atomic E-state index is -2.63. The van der Waals surface area contributed by atoms with Gasteiger partial charge in [-0.1, -0.05) is 121 Å². The van der Waals surface area contributed by atoms with E-state index in [0.29, 0.717) is 10.7 Å². The molecule has 0 saturated heterocycles. The van der Waals surface area contributed by atoms with Gasteiger partial charge in [0, 0.05) is 5.41 Å². The first-order chi connectivity index (χ1) is 22.7. The molecule has 1 unspecified atom stereocenters. The third kappa shape index (κ3) is 6.68. The van der Waals surface area contributed by atoms with Gasteiger partial charge in [-0.3, -0.25) is 5.73 Å². The van der Waals surface area contributed by atoms with Gasteiger partial charge in [-0.25, -0.2) is 0 Å². The average Bonchev–Trinajstić information content (AvgIpc) is 3.13. The molecule has 0 aliphatic heterocycles. The predicted octanol–water partition coefficient (Wildman–Crippen LogP) is 7.01. The van der Waals surface area contributed by atoms with E-state index in [4.69, 9.17) is 5.73 Å². The van der Waals surface area contributed by atoms with E-state index < -0.39 is 13.5 Å². The molecule has 3 N–H and O–H groups in total. The van der Waals surface area contributed by atoms with Gasteiger partial charge in [-0.05, 0) is 84.2 Å². The Kier molecular flexibility index (Phi) is 10.1. The first-order valence-electron chi connectivity index (χ1n) is 15.1. The van der Waals surface area contributed by atoms with E-state index in [2.05, 4.69) is 83.5 Å². The van der Waals surface area contributed by atoms with Crippen LogP contribution in [0.2, 0.25) is 0 Å². The highest BCUT2D eigenvalue weighted by Gasteiger charge is 2.50. The molecule has 4 nitrogen and oxygen atoms in total. The van der Waals surface area contributed by atoms with Gasteiger partial charge in [0.2, 0.25) is 0 Å². The van der Waals surface area contributed by atoms with Crippen molar-refractivity contribution in [3.8, 4) is 0 Å². The third-order valence-electron chi connectivity index (χ3n) is 7.71. The van der Waals surface area contributed by atoms with Crippen LogP contribution < -0.4 is 36.6 Å². The Morgan fingerprint density at radius 1 is 0.565 bits per heavy atom. The first-order valence-corrected chi connectivity index (χ1v) is 17.8. The highest BCUT2D eigenvalue weighted by atomic mass is 32.2. The Hall–Kier alpha value is -4.93. The Morgan fingerprint density at radius 3 is 1.30 bits per heavy atom. The van der Waals surface area contributed by atoms with Crippen molar-refractivity contribution < 1.29 is 5.11 Å². The molecule has 0 spiro atoms. The number of rotatable bonds is 10. The summed E-state index contributed by atoms with van der Waals surface area (Å²) < 4.78 is 2.04. The molecule has 0 bridgehead atoms. The molecule has 6 aromatic carbocycles. The summed E-state index contributed by atoms with van der Waals surface area (Å²) in [5.41, 5.74) is 10.4. The van der Waals surface area contributed by atoms with Crippen LogP contribution in [0.25, 0.3) is 0 Å². The fourth-order valence-electron chi connectivity index (χ4n) is 5.60.